The molecule has 0 aliphatic heterocycles. The van der Waals surface area contributed by atoms with Crippen molar-refractivity contribution in [3.05, 3.63) is 72.3 Å². The van der Waals surface area contributed by atoms with Gasteiger partial charge in [0.1, 0.15) is 29.7 Å². The minimum absolute atomic E-state index is 0.135. The third kappa shape index (κ3) is 3.95. The minimum Gasteiger partial charge on any atom is -0.507 e. The van der Waals surface area contributed by atoms with E-state index in [0.29, 0.717) is 13.0 Å². The number of carbonyl (C=O) groups excluding carboxylic acids is 1. The van der Waals surface area contributed by atoms with Crippen molar-refractivity contribution < 1.29 is 15.0 Å². The Morgan fingerprint density at radius 3 is 2.44 bits per heavy atom. The Hall–Kier alpha value is -3.35. The molecule has 1 atom stereocenters. The summed E-state index contributed by atoms with van der Waals surface area (Å²) in [6, 6.07) is 13.4. The molecule has 128 valence electrons. The Balaban J connectivity index is 1.80. The average Bonchev–Trinajstić information content (AvgIpc) is 3.12. The monoisotopic (exact) mass is 338 g/mol. The van der Waals surface area contributed by atoms with Gasteiger partial charge in [0.25, 0.3) is 5.91 Å². The number of amides is 1. The maximum atomic E-state index is 12.6. The lowest BCUT2D eigenvalue weighted by molar-refractivity contribution is 0.0928. The van der Waals surface area contributed by atoms with E-state index in [0.717, 1.165) is 5.56 Å². The van der Waals surface area contributed by atoms with Gasteiger partial charge >= 0.3 is 0 Å². The average molecular weight is 338 g/mol. The van der Waals surface area contributed by atoms with E-state index < -0.39 is 5.91 Å². The molecule has 0 saturated heterocycles. The van der Waals surface area contributed by atoms with Crippen LogP contribution in [-0.2, 0) is 6.54 Å². The molecule has 7 heteroatoms. The third-order valence-corrected chi connectivity index (χ3v) is 3.87. The number of nitrogens with one attached hydrogen (secondary N) is 1. The zero-order valence-electron chi connectivity index (χ0n) is 13.4. The molecule has 25 heavy (non-hydrogen) atoms. The summed E-state index contributed by atoms with van der Waals surface area (Å²) in [6.07, 6.45) is 3.64. The number of phenolic OH excluding ortho intramolecular Hbond substituents is 2. The zero-order chi connectivity index (χ0) is 17.6. The highest BCUT2D eigenvalue weighted by Gasteiger charge is 2.20. The van der Waals surface area contributed by atoms with Crippen molar-refractivity contribution in [2.24, 2.45) is 0 Å². The van der Waals surface area contributed by atoms with Crippen molar-refractivity contribution in [1.82, 2.24) is 20.1 Å². The van der Waals surface area contributed by atoms with Crippen molar-refractivity contribution >= 4 is 5.91 Å². The first-order valence-corrected chi connectivity index (χ1v) is 7.84. The Labute approximate surface area is 144 Å². The number of hydrogen-bond donors (Lipinski definition) is 3. The predicted octanol–water partition coefficient (Wildman–Crippen LogP) is 2.25. The number of rotatable bonds is 6. The molecule has 2 aromatic carbocycles. The fraction of sp³-hybridized carbons (Fsp3) is 0.167. The molecule has 0 radical (unpaired) electrons. The summed E-state index contributed by atoms with van der Waals surface area (Å²) in [6.45, 7) is 0.562. The minimum atomic E-state index is -0.539. The SMILES string of the molecule is O=C(N[C@@H](CCn1cncn1)c1ccccc1)c1c(O)cccc1O. The van der Waals surface area contributed by atoms with E-state index in [1.165, 1.54) is 24.5 Å². The second kappa shape index (κ2) is 7.48. The molecule has 0 aliphatic rings. The van der Waals surface area contributed by atoms with E-state index >= 15 is 0 Å². The first kappa shape index (κ1) is 16.5. The molecular weight excluding hydrogens is 320 g/mol. The standard InChI is InChI=1S/C18H18N4O3/c23-15-7-4-8-16(24)17(15)18(25)21-14(13-5-2-1-3-6-13)9-10-22-12-19-11-20-22/h1-8,11-12,14,23-24H,9-10H2,(H,21,25)/t14-/m0/s1. The molecule has 0 saturated carbocycles. The van der Waals surface area contributed by atoms with Gasteiger partial charge in [0.05, 0.1) is 6.04 Å². The number of carbonyl (C=O) groups is 1. The van der Waals surface area contributed by atoms with Crippen LogP contribution in [0, 0.1) is 0 Å². The molecule has 0 unspecified atom stereocenters. The fourth-order valence-corrected chi connectivity index (χ4v) is 2.61. The molecule has 0 bridgehead atoms. The van der Waals surface area contributed by atoms with E-state index in [1.54, 1.807) is 11.0 Å². The lowest BCUT2D eigenvalue weighted by Crippen LogP contribution is -2.29. The second-order valence-corrected chi connectivity index (χ2v) is 5.56. The van der Waals surface area contributed by atoms with Crippen LogP contribution in [0.3, 0.4) is 0 Å². The Kier molecular flexibility index (Phi) is 4.94. The third-order valence-electron chi connectivity index (χ3n) is 3.87. The Morgan fingerprint density at radius 1 is 1.08 bits per heavy atom. The molecule has 0 fully saturated rings. The molecule has 7 nitrogen and oxygen atoms in total. The van der Waals surface area contributed by atoms with Crippen LogP contribution in [0.5, 0.6) is 11.5 Å². The Bertz CT molecular complexity index is 815. The smallest absolute Gasteiger partial charge is 0.259 e. The van der Waals surface area contributed by atoms with Gasteiger partial charge in [0.2, 0.25) is 0 Å². The summed E-state index contributed by atoms with van der Waals surface area (Å²) >= 11 is 0. The van der Waals surface area contributed by atoms with Gasteiger partial charge in [0, 0.05) is 6.54 Å². The quantitative estimate of drug-likeness (QED) is 0.640. The number of nitrogens with zero attached hydrogens (tertiary/aromatic N) is 3. The summed E-state index contributed by atoms with van der Waals surface area (Å²) in [7, 11) is 0. The maximum Gasteiger partial charge on any atom is 0.259 e. The molecule has 0 aliphatic carbocycles. The molecule has 1 aromatic heterocycles. The van der Waals surface area contributed by atoms with Gasteiger partial charge in [0.15, 0.2) is 0 Å². The number of aromatic nitrogens is 3. The summed E-state index contributed by atoms with van der Waals surface area (Å²) in [5.74, 6) is -1.07. The zero-order valence-corrected chi connectivity index (χ0v) is 13.4. The Morgan fingerprint density at radius 2 is 1.80 bits per heavy atom. The predicted molar refractivity (Wildman–Crippen MR) is 91.1 cm³/mol. The second-order valence-electron chi connectivity index (χ2n) is 5.56. The highest BCUT2D eigenvalue weighted by Crippen LogP contribution is 2.27. The van der Waals surface area contributed by atoms with E-state index in [2.05, 4.69) is 15.4 Å². The van der Waals surface area contributed by atoms with Crippen molar-refractivity contribution in [1.29, 1.82) is 0 Å². The van der Waals surface area contributed by atoms with Crippen LogP contribution in [0.15, 0.2) is 61.2 Å². The van der Waals surface area contributed by atoms with Gasteiger partial charge < -0.3 is 15.5 Å². The summed E-state index contributed by atoms with van der Waals surface area (Å²) in [5, 5.41) is 26.7. The highest BCUT2D eigenvalue weighted by atomic mass is 16.3. The van der Waals surface area contributed by atoms with Crippen molar-refractivity contribution in [2.75, 3.05) is 0 Å². The molecular formula is C18H18N4O3. The van der Waals surface area contributed by atoms with Crippen LogP contribution < -0.4 is 5.32 Å². The maximum absolute atomic E-state index is 12.6. The lowest BCUT2D eigenvalue weighted by Gasteiger charge is -2.20. The van der Waals surface area contributed by atoms with Crippen LogP contribution >= 0.6 is 0 Å². The van der Waals surface area contributed by atoms with Crippen LogP contribution in [0.25, 0.3) is 0 Å². The van der Waals surface area contributed by atoms with E-state index in [1.807, 2.05) is 30.3 Å². The number of aromatic hydroxyl groups is 2. The highest BCUT2D eigenvalue weighted by molar-refractivity contribution is 5.99. The van der Waals surface area contributed by atoms with Gasteiger partial charge in [-0.1, -0.05) is 36.4 Å². The molecule has 3 rings (SSSR count). The van der Waals surface area contributed by atoms with Crippen LogP contribution in [0.4, 0.5) is 0 Å². The fourth-order valence-electron chi connectivity index (χ4n) is 2.61. The summed E-state index contributed by atoms with van der Waals surface area (Å²) < 4.78 is 1.68. The molecule has 1 heterocycles. The molecule has 0 spiro atoms. The molecule has 3 aromatic rings. The molecule has 3 N–H and O–H groups in total. The normalized spacial score (nSPS) is 11.8. The van der Waals surface area contributed by atoms with E-state index in [9.17, 15) is 15.0 Å². The van der Waals surface area contributed by atoms with Gasteiger partial charge in [-0.25, -0.2) is 4.98 Å². The van der Waals surface area contributed by atoms with E-state index in [4.69, 9.17) is 0 Å². The van der Waals surface area contributed by atoms with Gasteiger partial charge in [-0.2, -0.15) is 5.10 Å². The van der Waals surface area contributed by atoms with Gasteiger partial charge in [-0.3, -0.25) is 9.48 Å². The topological polar surface area (TPSA) is 100 Å². The van der Waals surface area contributed by atoms with Crippen molar-refractivity contribution in [2.45, 2.75) is 19.0 Å². The molecule has 1 amide bonds. The number of hydrogen-bond acceptors (Lipinski definition) is 5. The first-order valence-electron chi connectivity index (χ1n) is 7.84. The summed E-state index contributed by atoms with van der Waals surface area (Å²) in [5.41, 5.74) is 0.787. The lowest BCUT2D eigenvalue weighted by atomic mass is 10.0. The van der Waals surface area contributed by atoms with Crippen LogP contribution in [-0.4, -0.2) is 30.9 Å². The number of aryl methyl sites for hydroxylation is 1. The van der Waals surface area contributed by atoms with Gasteiger partial charge in [-0.15, -0.1) is 0 Å². The van der Waals surface area contributed by atoms with Gasteiger partial charge in [-0.05, 0) is 24.1 Å². The number of phenols is 2. The number of benzene rings is 2. The van der Waals surface area contributed by atoms with Crippen LogP contribution in [0.2, 0.25) is 0 Å². The van der Waals surface area contributed by atoms with E-state index in [-0.39, 0.29) is 23.1 Å². The first-order chi connectivity index (χ1) is 12.1. The van der Waals surface area contributed by atoms with Crippen LogP contribution in [0.1, 0.15) is 28.4 Å². The largest absolute Gasteiger partial charge is 0.507 e. The van der Waals surface area contributed by atoms with Crippen molar-refractivity contribution in [3.8, 4) is 11.5 Å². The van der Waals surface area contributed by atoms with Crippen molar-refractivity contribution in [3.63, 3.8) is 0 Å². The summed E-state index contributed by atoms with van der Waals surface area (Å²) in [4.78, 5) is 16.5.